The molecule has 58 heavy (non-hydrogen) atoms. The number of nitrogens with one attached hydrogen (secondary N) is 7. The average Bonchev–Trinajstić information content (AvgIpc) is 3.85. The smallest absolute Gasteiger partial charge is 0.251 e. The molecule has 0 spiro atoms. The number of carbonyl (C=O) groups excluding carboxylic acids is 6. The number of nitrogens with zero attached hydrogens (tertiary/aromatic N) is 3. The number of nitrogens with two attached hydrogens (primary N) is 1. The summed E-state index contributed by atoms with van der Waals surface area (Å²) in [5, 5.41) is 43.8. The third kappa shape index (κ3) is 11.0. The van der Waals surface area contributed by atoms with E-state index in [-0.39, 0.29) is 50.9 Å². The number of phenolic OH excluding ortho intramolecular Hbond substituents is 1. The first kappa shape index (κ1) is 42.4. The number of hydrazine groups is 1. The molecule has 2 saturated heterocycles. The quantitative estimate of drug-likeness (QED) is 0.0349. The molecule has 21 nitrogen and oxygen atoms in total. The number of aliphatic hydroxyl groups is 1. The molecule has 5 rings (SSSR count). The van der Waals surface area contributed by atoms with Crippen molar-refractivity contribution in [3.05, 3.63) is 76.0 Å². The summed E-state index contributed by atoms with van der Waals surface area (Å²) in [5.74, 6) is -5.18. The molecule has 11 N–H and O–H groups in total. The molecule has 0 aliphatic carbocycles. The summed E-state index contributed by atoms with van der Waals surface area (Å²) >= 11 is 0. The summed E-state index contributed by atoms with van der Waals surface area (Å²) in [7, 11) is 0. The number of nitro groups is 1. The Hall–Kier alpha value is -6.77. The molecular weight excluding hydrogens is 758 g/mol. The highest BCUT2D eigenvalue weighted by molar-refractivity contribution is 5.98. The molecule has 2 fully saturated rings. The predicted molar refractivity (Wildman–Crippen MR) is 207 cm³/mol. The van der Waals surface area contributed by atoms with E-state index in [9.17, 15) is 49.1 Å². The van der Waals surface area contributed by atoms with Gasteiger partial charge in [-0.3, -0.25) is 28.8 Å². The van der Waals surface area contributed by atoms with E-state index in [0.29, 0.717) is 17.5 Å². The van der Waals surface area contributed by atoms with Gasteiger partial charge in [0.15, 0.2) is 5.03 Å². The lowest BCUT2D eigenvalue weighted by molar-refractivity contribution is -0.525. The monoisotopic (exact) mass is 805 g/mol. The van der Waals surface area contributed by atoms with Crippen LogP contribution in [0.5, 0.6) is 5.75 Å². The number of aromatic hydroxyl groups is 1. The minimum Gasteiger partial charge on any atom is -0.508 e. The van der Waals surface area contributed by atoms with Crippen molar-refractivity contribution in [1.82, 2.24) is 41.9 Å². The highest BCUT2D eigenvalue weighted by Crippen LogP contribution is 2.21. The standard InChI is InChI=1S/C37H47N11O10/c1-20-36(56)47-15-5-9-30(47)35(55)45-29(19-49)34(54)44-28(17-22-18-40-25-7-3-2-6-24(22)25)33(53)42-26(8-4-14-39-37(38)46-48(57)58)31(51)43-27(32(52)41-20)16-21-10-12-23(50)13-11-21/h2-3,6-7,10-13,18,20,26-30,40,49-50H,4-5,8-9,14-17,19H2,1H3,(H,41,52)(H,42,53)(H,43,51)(H,44,54)(H,45,55)(H3,38,39,46)/t20-,26+,27+,28+,29+,30+/m1/s1. The number of amides is 6. The molecule has 0 unspecified atom stereocenters. The number of aliphatic hydroxyl groups excluding tert-OH is 1. The molecular formula is C37H47N11O10. The number of fused-ring (bicyclic) bond motifs is 2. The molecule has 0 radical (unpaired) electrons. The zero-order valence-corrected chi connectivity index (χ0v) is 31.6. The lowest BCUT2D eigenvalue weighted by atomic mass is 10.0. The number of aliphatic imine (C=N–C) groups is 1. The van der Waals surface area contributed by atoms with Crippen LogP contribution < -0.4 is 37.7 Å². The molecule has 2 aliphatic heterocycles. The van der Waals surface area contributed by atoms with Crippen LogP contribution in [0.15, 0.2) is 59.7 Å². The molecule has 1 aromatic heterocycles. The van der Waals surface area contributed by atoms with Crippen LogP contribution in [0.3, 0.4) is 0 Å². The van der Waals surface area contributed by atoms with Gasteiger partial charge in [-0.25, -0.2) is 15.1 Å². The zero-order chi connectivity index (χ0) is 41.9. The van der Waals surface area contributed by atoms with Crippen LogP contribution in [0.1, 0.15) is 43.7 Å². The van der Waals surface area contributed by atoms with Crippen molar-refractivity contribution in [1.29, 1.82) is 0 Å². The van der Waals surface area contributed by atoms with E-state index >= 15 is 0 Å². The molecule has 3 aromatic rings. The second-order valence-electron chi connectivity index (χ2n) is 14.1. The normalized spacial score (nSPS) is 24.1. The number of hydrogen-bond donors (Lipinski definition) is 10. The molecule has 0 bridgehead atoms. The lowest BCUT2D eigenvalue weighted by Gasteiger charge is -2.30. The number of para-hydroxylation sites is 1. The fraction of sp³-hybridized carbons (Fsp3) is 0.432. The molecule has 3 heterocycles. The van der Waals surface area contributed by atoms with Gasteiger partial charge >= 0.3 is 0 Å². The molecule has 21 heteroatoms. The maximum Gasteiger partial charge on any atom is 0.251 e. The number of aromatic nitrogens is 1. The third-order valence-electron chi connectivity index (χ3n) is 9.90. The van der Waals surface area contributed by atoms with Crippen LogP contribution >= 0.6 is 0 Å². The van der Waals surface area contributed by atoms with Gasteiger partial charge in [-0.2, -0.15) is 0 Å². The van der Waals surface area contributed by atoms with Crippen LogP contribution in [-0.2, 0) is 41.6 Å². The van der Waals surface area contributed by atoms with Gasteiger partial charge in [0.2, 0.25) is 35.4 Å². The highest BCUT2D eigenvalue weighted by atomic mass is 16.7. The highest BCUT2D eigenvalue weighted by Gasteiger charge is 2.39. The third-order valence-corrected chi connectivity index (χ3v) is 9.90. The number of guanidine groups is 1. The maximum atomic E-state index is 14.2. The summed E-state index contributed by atoms with van der Waals surface area (Å²) in [6.07, 6.45) is 2.05. The minimum atomic E-state index is -1.53. The van der Waals surface area contributed by atoms with E-state index in [1.807, 2.05) is 18.2 Å². The van der Waals surface area contributed by atoms with E-state index in [0.717, 1.165) is 10.9 Å². The van der Waals surface area contributed by atoms with Gasteiger partial charge in [0, 0.05) is 43.0 Å². The Morgan fingerprint density at radius 1 is 0.879 bits per heavy atom. The van der Waals surface area contributed by atoms with Crippen molar-refractivity contribution < 1.29 is 44.0 Å². The van der Waals surface area contributed by atoms with Crippen LogP contribution in [0.25, 0.3) is 10.9 Å². The average molecular weight is 806 g/mol. The number of rotatable bonds is 10. The number of aromatic amines is 1. The second-order valence-corrected chi connectivity index (χ2v) is 14.1. The summed E-state index contributed by atoms with van der Waals surface area (Å²) in [6, 6.07) is 5.28. The summed E-state index contributed by atoms with van der Waals surface area (Å²) < 4.78 is 0. The Bertz CT molecular complexity index is 2040. The van der Waals surface area contributed by atoms with Crippen molar-refractivity contribution in [3.63, 3.8) is 0 Å². The number of carbonyl (C=O) groups is 6. The minimum absolute atomic E-state index is 0.0376. The van der Waals surface area contributed by atoms with Crippen molar-refractivity contribution in [2.24, 2.45) is 10.7 Å². The van der Waals surface area contributed by atoms with Crippen molar-refractivity contribution in [2.45, 2.75) is 81.7 Å². The maximum absolute atomic E-state index is 14.2. The van der Waals surface area contributed by atoms with Crippen LogP contribution in [0.2, 0.25) is 0 Å². The Morgan fingerprint density at radius 3 is 2.21 bits per heavy atom. The Kier molecular flexibility index (Phi) is 14.2. The van der Waals surface area contributed by atoms with E-state index in [4.69, 9.17) is 5.73 Å². The Labute approximate surface area is 331 Å². The number of phenols is 1. The fourth-order valence-electron chi connectivity index (χ4n) is 6.91. The van der Waals surface area contributed by atoms with E-state index in [1.54, 1.807) is 29.8 Å². The molecule has 6 atom stereocenters. The number of hydrogen-bond acceptors (Lipinski definition) is 11. The van der Waals surface area contributed by atoms with E-state index in [2.05, 4.69) is 36.6 Å². The summed E-state index contributed by atoms with van der Waals surface area (Å²) in [6.45, 7) is 0.627. The van der Waals surface area contributed by atoms with E-state index in [1.165, 1.54) is 24.0 Å². The van der Waals surface area contributed by atoms with Crippen molar-refractivity contribution >= 4 is 52.3 Å². The zero-order valence-electron chi connectivity index (χ0n) is 31.6. The Balaban J connectivity index is 1.52. The van der Waals surface area contributed by atoms with Gasteiger partial charge in [0.05, 0.1) is 6.61 Å². The topological polar surface area (TPSA) is 316 Å². The molecule has 2 aliphatic rings. The number of H-pyrrole nitrogens is 1. The molecule has 0 saturated carbocycles. The molecule has 310 valence electrons. The largest absolute Gasteiger partial charge is 0.508 e. The fourth-order valence-corrected chi connectivity index (χ4v) is 6.91. The summed E-state index contributed by atoms with van der Waals surface area (Å²) in [5.41, 5.74) is 9.14. The van der Waals surface area contributed by atoms with Gasteiger partial charge < -0.3 is 52.4 Å². The van der Waals surface area contributed by atoms with Crippen LogP contribution in [0, 0.1) is 10.1 Å². The summed E-state index contributed by atoms with van der Waals surface area (Å²) in [4.78, 5) is 102. The van der Waals surface area contributed by atoms with Gasteiger partial charge in [-0.15, -0.1) is 0 Å². The van der Waals surface area contributed by atoms with Crippen LogP contribution in [0.4, 0.5) is 0 Å². The van der Waals surface area contributed by atoms with Gasteiger partial charge in [0.1, 0.15) is 42.0 Å². The van der Waals surface area contributed by atoms with Crippen LogP contribution in [-0.4, -0.2) is 122 Å². The van der Waals surface area contributed by atoms with Crippen molar-refractivity contribution in [2.75, 3.05) is 19.7 Å². The van der Waals surface area contributed by atoms with E-state index < -0.39 is 89.3 Å². The lowest BCUT2D eigenvalue weighted by Crippen LogP contribution is -2.61. The van der Waals surface area contributed by atoms with Gasteiger partial charge in [-0.1, -0.05) is 35.8 Å². The first-order valence-electron chi connectivity index (χ1n) is 18.7. The first-order valence-corrected chi connectivity index (χ1v) is 18.7. The van der Waals surface area contributed by atoms with Gasteiger partial charge in [0.25, 0.3) is 5.96 Å². The van der Waals surface area contributed by atoms with Gasteiger partial charge in [-0.05, 0) is 61.9 Å². The first-order chi connectivity index (χ1) is 27.7. The Morgan fingerprint density at radius 2 is 1.50 bits per heavy atom. The second kappa shape index (κ2) is 19.4. The molecule has 6 amide bonds. The molecule has 2 aromatic carbocycles. The SMILES string of the molecule is C[C@H]1NC(=O)[C@H](Cc2ccc(O)cc2)NC(=O)[C@H](CCCN=C(N)N[N+](=O)[O-])NC(=O)[C@H](Cc2c[nH]c3ccccc23)NC(=O)[C@H](CO)NC(=O)[C@@H]2CCCN2C1=O. The van der Waals surface area contributed by atoms with Crippen molar-refractivity contribution in [3.8, 4) is 5.75 Å². The predicted octanol–water partition coefficient (Wildman–Crippen LogP) is -2.02. The number of benzene rings is 2.